The van der Waals surface area contributed by atoms with Crippen LogP contribution in [0.5, 0.6) is 0 Å². The van der Waals surface area contributed by atoms with Crippen molar-refractivity contribution in [3.63, 3.8) is 0 Å². The normalized spacial score (nSPS) is 12.1. The minimum atomic E-state index is -1.31. The highest BCUT2D eigenvalue weighted by Crippen LogP contribution is 2.05. The van der Waals surface area contributed by atoms with Gasteiger partial charge >= 0.3 is 11.9 Å². The summed E-state index contributed by atoms with van der Waals surface area (Å²) in [4.78, 5) is 30.7. The highest BCUT2D eigenvalue weighted by molar-refractivity contribution is 6.33. The summed E-state index contributed by atoms with van der Waals surface area (Å²) in [7, 11) is 0. The number of alkyl halides is 1. The molecular formula is C6H7ClO5. The molecule has 0 radical (unpaired) electrons. The SMILES string of the molecule is O=C(O)CC(=O)C(Cl)CC(=O)O. The molecule has 0 heterocycles. The average molecular weight is 195 g/mol. The lowest BCUT2D eigenvalue weighted by Gasteiger charge is -2.01. The molecular weight excluding hydrogens is 188 g/mol. The van der Waals surface area contributed by atoms with Gasteiger partial charge in [0, 0.05) is 0 Å². The van der Waals surface area contributed by atoms with Crippen LogP contribution in [0.3, 0.4) is 0 Å². The lowest BCUT2D eigenvalue weighted by atomic mass is 10.1. The summed E-state index contributed by atoms with van der Waals surface area (Å²) in [6.45, 7) is 0. The van der Waals surface area contributed by atoms with Crippen molar-refractivity contribution in [1.29, 1.82) is 0 Å². The molecule has 0 rings (SSSR count). The third kappa shape index (κ3) is 4.68. The maximum absolute atomic E-state index is 10.7. The van der Waals surface area contributed by atoms with E-state index in [1.165, 1.54) is 0 Å². The highest BCUT2D eigenvalue weighted by atomic mass is 35.5. The van der Waals surface area contributed by atoms with E-state index in [1.807, 2.05) is 0 Å². The zero-order valence-electron chi connectivity index (χ0n) is 5.99. The Morgan fingerprint density at radius 2 is 1.67 bits per heavy atom. The minimum absolute atomic E-state index is 0.548. The predicted molar refractivity (Wildman–Crippen MR) is 39.2 cm³/mol. The Balaban J connectivity index is 3.93. The number of rotatable bonds is 5. The van der Waals surface area contributed by atoms with Crippen molar-refractivity contribution in [2.75, 3.05) is 0 Å². The van der Waals surface area contributed by atoms with Crippen molar-refractivity contribution in [3.05, 3.63) is 0 Å². The first-order valence-corrected chi connectivity index (χ1v) is 3.47. The van der Waals surface area contributed by atoms with E-state index in [9.17, 15) is 14.4 Å². The van der Waals surface area contributed by atoms with E-state index >= 15 is 0 Å². The Morgan fingerprint density at radius 3 is 2.00 bits per heavy atom. The first-order chi connectivity index (χ1) is 5.43. The molecule has 0 saturated carbocycles. The maximum atomic E-state index is 10.7. The number of hydrogen-bond acceptors (Lipinski definition) is 3. The Morgan fingerprint density at radius 1 is 1.17 bits per heavy atom. The summed E-state index contributed by atoms with van der Waals surface area (Å²) in [5.41, 5.74) is 0. The molecule has 5 nitrogen and oxygen atoms in total. The van der Waals surface area contributed by atoms with Gasteiger partial charge in [-0.3, -0.25) is 14.4 Å². The van der Waals surface area contributed by atoms with Gasteiger partial charge < -0.3 is 10.2 Å². The van der Waals surface area contributed by atoms with E-state index in [1.54, 1.807) is 0 Å². The molecule has 0 aliphatic heterocycles. The molecule has 2 N–H and O–H groups in total. The van der Waals surface area contributed by atoms with Crippen LogP contribution in [-0.2, 0) is 14.4 Å². The molecule has 0 spiro atoms. The van der Waals surface area contributed by atoms with Gasteiger partial charge in [0.15, 0.2) is 5.78 Å². The summed E-state index contributed by atoms with van der Waals surface area (Å²) in [6, 6.07) is 0. The summed E-state index contributed by atoms with van der Waals surface area (Å²) in [5.74, 6) is -3.32. The maximum Gasteiger partial charge on any atom is 0.310 e. The van der Waals surface area contributed by atoms with Crippen LogP contribution < -0.4 is 0 Å². The molecule has 0 aromatic rings. The van der Waals surface area contributed by atoms with Gasteiger partial charge in [-0.2, -0.15) is 0 Å². The Hall–Kier alpha value is -1.10. The van der Waals surface area contributed by atoms with Gasteiger partial charge in [-0.05, 0) is 0 Å². The van der Waals surface area contributed by atoms with E-state index in [2.05, 4.69) is 0 Å². The zero-order chi connectivity index (χ0) is 9.72. The quantitative estimate of drug-likeness (QED) is 0.479. The van der Waals surface area contributed by atoms with E-state index in [0.29, 0.717) is 0 Å². The van der Waals surface area contributed by atoms with Crippen molar-refractivity contribution in [3.8, 4) is 0 Å². The molecule has 0 fully saturated rings. The third-order valence-corrected chi connectivity index (χ3v) is 1.43. The number of hydrogen-bond donors (Lipinski definition) is 2. The van der Waals surface area contributed by atoms with E-state index < -0.39 is 35.9 Å². The van der Waals surface area contributed by atoms with Crippen molar-refractivity contribution >= 4 is 29.3 Å². The Bertz CT molecular complexity index is 212. The van der Waals surface area contributed by atoms with Gasteiger partial charge in [0.25, 0.3) is 0 Å². The lowest BCUT2D eigenvalue weighted by molar-refractivity contribution is -0.142. The van der Waals surface area contributed by atoms with Crippen LogP contribution in [0.15, 0.2) is 0 Å². The highest BCUT2D eigenvalue weighted by Gasteiger charge is 2.20. The first-order valence-electron chi connectivity index (χ1n) is 3.04. The first kappa shape index (κ1) is 10.9. The van der Waals surface area contributed by atoms with Crippen LogP contribution in [0.2, 0.25) is 0 Å². The van der Waals surface area contributed by atoms with Gasteiger partial charge in [0.2, 0.25) is 0 Å². The second kappa shape index (κ2) is 4.71. The number of aliphatic carboxylic acids is 2. The number of halogens is 1. The van der Waals surface area contributed by atoms with Crippen molar-refractivity contribution in [1.82, 2.24) is 0 Å². The second-order valence-corrected chi connectivity index (χ2v) is 2.63. The largest absolute Gasteiger partial charge is 0.481 e. The van der Waals surface area contributed by atoms with Gasteiger partial charge in [-0.25, -0.2) is 0 Å². The van der Waals surface area contributed by atoms with Crippen LogP contribution >= 0.6 is 11.6 Å². The molecule has 1 atom stereocenters. The number of carboxylic acid groups (broad SMARTS) is 2. The number of Topliss-reactive ketones (excluding diaryl/α,β-unsaturated/α-hetero) is 1. The van der Waals surface area contributed by atoms with Crippen LogP contribution in [0.4, 0.5) is 0 Å². The second-order valence-electron chi connectivity index (χ2n) is 2.10. The number of carbonyl (C=O) groups is 3. The van der Waals surface area contributed by atoms with Gasteiger partial charge in [0.1, 0.15) is 11.8 Å². The molecule has 0 aliphatic carbocycles. The van der Waals surface area contributed by atoms with Crippen LogP contribution in [0.25, 0.3) is 0 Å². The molecule has 12 heavy (non-hydrogen) atoms. The van der Waals surface area contributed by atoms with Crippen LogP contribution in [-0.4, -0.2) is 33.3 Å². The molecule has 0 aliphatic rings. The molecule has 6 heteroatoms. The van der Waals surface area contributed by atoms with Crippen molar-refractivity contribution in [2.45, 2.75) is 18.2 Å². The predicted octanol–water partition coefficient (Wildman–Crippen LogP) is 0.112. The summed E-state index contributed by atoms with van der Waals surface area (Å²) in [6.07, 6.45) is -1.28. The fourth-order valence-corrected chi connectivity index (χ4v) is 0.736. The Labute approximate surface area is 72.9 Å². The van der Waals surface area contributed by atoms with Crippen molar-refractivity contribution in [2.24, 2.45) is 0 Å². The number of ketones is 1. The number of carbonyl (C=O) groups excluding carboxylic acids is 1. The average Bonchev–Trinajstić information content (AvgIpc) is 1.84. The smallest absolute Gasteiger partial charge is 0.310 e. The summed E-state index contributed by atoms with van der Waals surface area (Å²) >= 11 is 5.28. The standard InChI is InChI=1S/C6H7ClO5/c7-3(1-5(9)10)4(8)2-6(11)12/h3H,1-2H2,(H,9,10)(H,11,12). The summed E-state index contributed by atoms with van der Waals surface area (Å²) < 4.78 is 0. The van der Waals surface area contributed by atoms with Gasteiger partial charge in [-0.1, -0.05) is 0 Å². The summed E-state index contributed by atoms with van der Waals surface area (Å²) in [5, 5.41) is 15.1. The molecule has 0 aromatic carbocycles. The van der Waals surface area contributed by atoms with E-state index in [4.69, 9.17) is 21.8 Å². The number of carboxylic acids is 2. The topological polar surface area (TPSA) is 91.7 Å². The minimum Gasteiger partial charge on any atom is -0.481 e. The zero-order valence-corrected chi connectivity index (χ0v) is 6.74. The molecule has 1 unspecified atom stereocenters. The van der Waals surface area contributed by atoms with Crippen LogP contribution in [0.1, 0.15) is 12.8 Å². The Kier molecular flexibility index (Phi) is 4.28. The fraction of sp³-hybridized carbons (Fsp3) is 0.500. The molecule has 68 valence electrons. The fourth-order valence-electron chi connectivity index (χ4n) is 0.527. The molecule has 0 aromatic heterocycles. The van der Waals surface area contributed by atoms with E-state index in [-0.39, 0.29) is 0 Å². The molecule has 0 amide bonds. The van der Waals surface area contributed by atoms with Crippen molar-refractivity contribution < 1.29 is 24.6 Å². The molecule has 0 bridgehead atoms. The van der Waals surface area contributed by atoms with Gasteiger partial charge in [0.05, 0.1) is 6.42 Å². The third-order valence-electron chi connectivity index (χ3n) is 1.03. The van der Waals surface area contributed by atoms with E-state index in [0.717, 1.165) is 0 Å². The monoisotopic (exact) mass is 194 g/mol. The molecule has 0 saturated heterocycles. The van der Waals surface area contributed by atoms with Crippen LogP contribution in [0, 0.1) is 0 Å². The van der Waals surface area contributed by atoms with Gasteiger partial charge in [-0.15, -0.1) is 11.6 Å². The lowest BCUT2D eigenvalue weighted by Crippen LogP contribution is -2.21.